The molecule has 0 spiro atoms. The Morgan fingerprint density at radius 3 is 2.83 bits per heavy atom. The van der Waals surface area contributed by atoms with Gasteiger partial charge in [0.15, 0.2) is 0 Å². The van der Waals surface area contributed by atoms with Crippen LogP contribution in [-0.2, 0) is 18.0 Å². The summed E-state index contributed by atoms with van der Waals surface area (Å²) in [5.74, 6) is -0.377. The van der Waals surface area contributed by atoms with Crippen molar-refractivity contribution in [3.63, 3.8) is 0 Å². The highest BCUT2D eigenvalue weighted by atomic mass is 19.1. The Labute approximate surface area is 70.6 Å². The van der Waals surface area contributed by atoms with Gasteiger partial charge >= 0.3 is 0 Å². The summed E-state index contributed by atoms with van der Waals surface area (Å²) in [5, 5.41) is 8.73. The van der Waals surface area contributed by atoms with Gasteiger partial charge in [-0.1, -0.05) is 6.07 Å². The average Bonchev–Trinajstić information content (AvgIpc) is 2.09. The molecule has 0 heterocycles. The van der Waals surface area contributed by atoms with Crippen molar-refractivity contribution in [3.8, 4) is 0 Å². The molecule has 0 radical (unpaired) electrons. The fourth-order valence-electron chi connectivity index (χ4n) is 1.01. The second-order valence-electron chi connectivity index (χ2n) is 2.52. The molecule has 0 unspecified atom stereocenters. The predicted octanol–water partition coefficient (Wildman–Crippen LogP) is 1.46. The van der Waals surface area contributed by atoms with E-state index in [4.69, 9.17) is 9.84 Å². The lowest BCUT2D eigenvalue weighted by molar-refractivity contribution is 0.184. The third kappa shape index (κ3) is 2.03. The van der Waals surface area contributed by atoms with E-state index in [1.165, 1.54) is 6.07 Å². The zero-order valence-corrected chi connectivity index (χ0v) is 6.88. The topological polar surface area (TPSA) is 29.5 Å². The van der Waals surface area contributed by atoms with Crippen molar-refractivity contribution in [2.75, 3.05) is 7.11 Å². The quantitative estimate of drug-likeness (QED) is 0.744. The summed E-state index contributed by atoms with van der Waals surface area (Å²) in [6.45, 7) is 0.163. The van der Waals surface area contributed by atoms with Gasteiger partial charge < -0.3 is 9.84 Å². The Balaban J connectivity index is 2.89. The lowest BCUT2D eigenvalue weighted by atomic mass is 10.1. The molecular weight excluding hydrogens is 159 g/mol. The Morgan fingerprint density at radius 2 is 2.25 bits per heavy atom. The first-order valence-electron chi connectivity index (χ1n) is 3.65. The molecule has 66 valence electrons. The van der Waals surface area contributed by atoms with Gasteiger partial charge in [-0.2, -0.15) is 0 Å². The van der Waals surface area contributed by atoms with Gasteiger partial charge in [0.2, 0.25) is 0 Å². The lowest BCUT2D eigenvalue weighted by Gasteiger charge is -2.02. The van der Waals surface area contributed by atoms with Crippen molar-refractivity contribution in [3.05, 3.63) is 35.1 Å². The first-order chi connectivity index (χ1) is 5.77. The van der Waals surface area contributed by atoms with Gasteiger partial charge in [-0.25, -0.2) is 4.39 Å². The van der Waals surface area contributed by atoms with Gasteiger partial charge in [-0.05, 0) is 17.7 Å². The molecule has 0 aromatic heterocycles. The van der Waals surface area contributed by atoms with Crippen LogP contribution in [0.5, 0.6) is 0 Å². The zero-order chi connectivity index (χ0) is 8.97. The maximum absolute atomic E-state index is 12.8. The van der Waals surface area contributed by atoms with Crippen LogP contribution >= 0.6 is 0 Å². The van der Waals surface area contributed by atoms with E-state index < -0.39 is 0 Å². The summed E-state index contributed by atoms with van der Waals surface area (Å²) < 4.78 is 17.7. The van der Waals surface area contributed by atoms with Crippen LogP contribution in [0.15, 0.2) is 18.2 Å². The summed E-state index contributed by atoms with van der Waals surface area (Å²) in [7, 11) is 1.57. The third-order valence-corrected chi connectivity index (χ3v) is 1.59. The monoisotopic (exact) mass is 170 g/mol. The zero-order valence-electron chi connectivity index (χ0n) is 6.88. The molecule has 1 N–H and O–H groups in total. The van der Waals surface area contributed by atoms with Crippen LogP contribution in [0.2, 0.25) is 0 Å². The van der Waals surface area contributed by atoms with Crippen molar-refractivity contribution in [1.82, 2.24) is 0 Å². The van der Waals surface area contributed by atoms with Gasteiger partial charge in [0.1, 0.15) is 5.82 Å². The SMILES string of the molecule is COCc1ccc(F)c(CO)c1. The second kappa shape index (κ2) is 4.18. The van der Waals surface area contributed by atoms with Crippen LogP contribution in [0.1, 0.15) is 11.1 Å². The van der Waals surface area contributed by atoms with E-state index in [-0.39, 0.29) is 12.4 Å². The third-order valence-electron chi connectivity index (χ3n) is 1.59. The molecule has 3 heteroatoms. The molecule has 1 aromatic rings. The minimum atomic E-state index is -0.377. The smallest absolute Gasteiger partial charge is 0.128 e. The summed E-state index contributed by atoms with van der Waals surface area (Å²) in [6.07, 6.45) is 0. The summed E-state index contributed by atoms with van der Waals surface area (Å²) >= 11 is 0. The van der Waals surface area contributed by atoms with Crippen LogP contribution in [0.3, 0.4) is 0 Å². The molecule has 2 nitrogen and oxygen atoms in total. The number of aliphatic hydroxyl groups excluding tert-OH is 1. The molecule has 0 saturated heterocycles. The standard InChI is InChI=1S/C9H11FO2/c1-12-6-7-2-3-9(10)8(4-7)5-11/h2-4,11H,5-6H2,1H3. The molecule has 0 bridgehead atoms. The first-order valence-corrected chi connectivity index (χ1v) is 3.65. The normalized spacial score (nSPS) is 10.2. The molecule has 0 aliphatic carbocycles. The maximum atomic E-state index is 12.8. The van der Waals surface area contributed by atoms with Gasteiger partial charge in [-0.15, -0.1) is 0 Å². The lowest BCUT2D eigenvalue weighted by Crippen LogP contribution is -1.94. The van der Waals surface area contributed by atoms with Crippen molar-refractivity contribution in [2.24, 2.45) is 0 Å². The molecule has 0 fully saturated rings. The highest BCUT2D eigenvalue weighted by Crippen LogP contribution is 2.10. The molecular formula is C9H11FO2. The van der Waals surface area contributed by atoms with Gasteiger partial charge in [0, 0.05) is 12.7 Å². The molecule has 0 saturated carbocycles. The minimum absolute atomic E-state index is 0.274. The summed E-state index contributed by atoms with van der Waals surface area (Å²) in [6, 6.07) is 4.57. The van der Waals surface area contributed by atoms with Crippen LogP contribution in [0.4, 0.5) is 4.39 Å². The summed E-state index contributed by atoms with van der Waals surface area (Å²) in [4.78, 5) is 0. The van der Waals surface area contributed by atoms with Gasteiger partial charge in [0.05, 0.1) is 13.2 Å². The molecule has 1 aromatic carbocycles. The number of methoxy groups -OCH3 is 1. The number of halogens is 1. The van der Waals surface area contributed by atoms with Gasteiger partial charge in [0.25, 0.3) is 0 Å². The van der Waals surface area contributed by atoms with Crippen molar-refractivity contribution < 1.29 is 14.2 Å². The van der Waals surface area contributed by atoms with Crippen molar-refractivity contribution >= 4 is 0 Å². The molecule has 12 heavy (non-hydrogen) atoms. The predicted molar refractivity (Wildman–Crippen MR) is 43.0 cm³/mol. The van der Waals surface area contributed by atoms with Crippen LogP contribution in [-0.4, -0.2) is 12.2 Å². The highest BCUT2D eigenvalue weighted by Gasteiger charge is 2.01. The number of hydrogen-bond donors (Lipinski definition) is 1. The van der Waals surface area contributed by atoms with Crippen LogP contribution < -0.4 is 0 Å². The van der Waals surface area contributed by atoms with Crippen LogP contribution in [0.25, 0.3) is 0 Å². The average molecular weight is 170 g/mol. The van der Waals surface area contributed by atoms with Crippen molar-refractivity contribution in [2.45, 2.75) is 13.2 Å². The number of aliphatic hydroxyl groups is 1. The van der Waals surface area contributed by atoms with E-state index in [2.05, 4.69) is 0 Å². The Hall–Kier alpha value is -0.930. The largest absolute Gasteiger partial charge is 0.392 e. The Kier molecular flexibility index (Phi) is 3.19. The number of benzene rings is 1. The molecule has 1 rings (SSSR count). The second-order valence-corrected chi connectivity index (χ2v) is 2.52. The Morgan fingerprint density at radius 1 is 1.50 bits per heavy atom. The van der Waals surface area contributed by atoms with E-state index in [0.717, 1.165) is 5.56 Å². The number of rotatable bonds is 3. The molecule has 0 aliphatic heterocycles. The molecule has 0 aliphatic rings. The number of ether oxygens (including phenoxy) is 1. The van der Waals surface area contributed by atoms with Gasteiger partial charge in [-0.3, -0.25) is 0 Å². The van der Waals surface area contributed by atoms with E-state index in [1.807, 2.05) is 0 Å². The van der Waals surface area contributed by atoms with E-state index >= 15 is 0 Å². The van der Waals surface area contributed by atoms with Crippen LogP contribution in [0, 0.1) is 5.82 Å². The first kappa shape index (κ1) is 9.16. The fourth-order valence-corrected chi connectivity index (χ4v) is 1.01. The van der Waals surface area contributed by atoms with E-state index in [9.17, 15) is 4.39 Å². The van der Waals surface area contributed by atoms with E-state index in [0.29, 0.717) is 12.2 Å². The highest BCUT2D eigenvalue weighted by molar-refractivity contribution is 5.23. The summed E-state index contributed by atoms with van der Waals surface area (Å²) in [5.41, 5.74) is 1.17. The van der Waals surface area contributed by atoms with Crippen molar-refractivity contribution in [1.29, 1.82) is 0 Å². The van der Waals surface area contributed by atoms with E-state index in [1.54, 1.807) is 19.2 Å². The maximum Gasteiger partial charge on any atom is 0.128 e. The number of hydrogen-bond acceptors (Lipinski definition) is 2. The molecule has 0 amide bonds. The minimum Gasteiger partial charge on any atom is -0.392 e. The Bertz CT molecular complexity index is 261. The fraction of sp³-hybridized carbons (Fsp3) is 0.333. The molecule has 0 atom stereocenters.